The maximum Gasteiger partial charge on any atom is 0.243 e. The molecule has 0 spiro atoms. The van der Waals surface area contributed by atoms with Crippen LogP contribution in [0.3, 0.4) is 0 Å². The van der Waals surface area contributed by atoms with Crippen molar-refractivity contribution in [1.82, 2.24) is 4.31 Å². The molecule has 0 atom stereocenters. The van der Waals surface area contributed by atoms with E-state index in [0.29, 0.717) is 18.8 Å². The van der Waals surface area contributed by atoms with Crippen LogP contribution in [0, 0.1) is 0 Å². The molecule has 29 heavy (non-hydrogen) atoms. The fourth-order valence-electron chi connectivity index (χ4n) is 4.09. The van der Waals surface area contributed by atoms with E-state index in [2.05, 4.69) is 16.3 Å². The fraction of sp³-hybridized carbons (Fsp3) is 0.409. The van der Waals surface area contributed by atoms with Crippen molar-refractivity contribution in [3.8, 4) is 0 Å². The Labute approximate surface area is 172 Å². The molecule has 154 valence electrons. The Balaban J connectivity index is 1.39. The van der Waals surface area contributed by atoms with Crippen LogP contribution in [0.5, 0.6) is 0 Å². The van der Waals surface area contributed by atoms with Gasteiger partial charge in [-0.1, -0.05) is 31.0 Å². The second kappa shape index (κ2) is 8.55. The summed E-state index contributed by atoms with van der Waals surface area (Å²) in [4.78, 5) is 14.8. The van der Waals surface area contributed by atoms with Crippen LogP contribution in [0.4, 0.5) is 11.4 Å². The van der Waals surface area contributed by atoms with Crippen molar-refractivity contribution in [2.45, 2.75) is 37.0 Å². The molecule has 0 unspecified atom stereocenters. The summed E-state index contributed by atoms with van der Waals surface area (Å²) in [6.07, 6.45) is 4.93. The van der Waals surface area contributed by atoms with Crippen LogP contribution in [0.2, 0.25) is 0 Å². The average molecular weight is 414 g/mol. The number of amides is 1. The van der Waals surface area contributed by atoms with E-state index in [1.165, 1.54) is 5.56 Å². The number of benzene rings is 2. The Morgan fingerprint density at radius 2 is 1.59 bits per heavy atom. The first-order valence-corrected chi connectivity index (χ1v) is 11.7. The summed E-state index contributed by atoms with van der Waals surface area (Å²) in [5, 5.41) is 2.88. The molecule has 1 amide bonds. The number of sulfonamides is 1. The number of fused-ring (bicyclic) bond motifs is 1. The van der Waals surface area contributed by atoms with E-state index in [0.717, 1.165) is 44.3 Å². The predicted octanol–water partition coefficient (Wildman–Crippen LogP) is 3.25. The summed E-state index contributed by atoms with van der Waals surface area (Å²) in [6, 6.07) is 14.6. The molecule has 2 aromatic rings. The molecule has 2 aliphatic heterocycles. The molecule has 1 N–H and O–H groups in total. The van der Waals surface area contributed by atoms with Crippen molar-refractivity contribution in [3.05, 3.63) is 54.1 Å². The van der Waals surface area contributed by atoms with Crippen molar-refractivity contribution in [2.24, 2.45) is 0 Å². The Kier molecular flexibility index (Phi) is 5.87. The Bertz CT molecular complexity index is 965. The molecule has 1 fully saturated rings. The van der Waals surface area contributed by atoms with Gasteiger partial charge >= 0.3 is 0 Å². The lowest BCUT2D eigenvalue weighted by atomic mass is 10.2. The van der Waals surface area contributed by atoms with Crippen LogP contribution in [-0.2, 0) is 21.2 Å². The molecule has 4 rings (SSSR count). The minimum absolute atomic E-state index is 0.107. The van der Waals surface area contributed by atoms with E-state index < -0.39 is 10.0 Å². The third kappa shape index (κ3) is 4.46. The second-order valence-corrected chi connectivity index (χ2v) is 9.63. The summed E-state index contributed by atoms with van der Waals surface area (Å²) in [5.74, 6) is -0.107. The summed E-state index contributed by atoms with van der Waals surface area (Å²) < 4.78 is 27.3. The number of carbonyl (C=O) groups is 1. The lowest BCUT2D eigenvalue weighted by Crippen LogP contribution is -2.32. The zero-order valence-corrected chi connectivity index (χ0v) is 17.3. The standard InChI is InChI=1S/C22H27N3O3S/c26-22(17-24-16-13-18-7-3-4-8-21(18)24)23-19-9-11-20(12-10-19)29(27,28)25-14-5-1-2-6-15-25/h3-4,7-12H,1-2,5-6,13-17H2,(H,23,26). The Hall–Kier alpha value is -2.38. The number of rotatable bonds is 5. The van der Waals surface area contributed by atoms with Gasteiger partial charge in [0.2, 0.25) is 15.9 Å². The van der Waals surface area contributed by atoms with E-state index in [1.54, 1.807) is 28.6 Å². The molecule has 7 heteroatoms. The molecule has 6 nitrogen and oxygen atoms in total. The number of para-hydroxylation sites is 1. The first-order valence-electron chi connectivity index (χ1n) is 10.3. The zero-order chi connectivity index (χ0) is 20.3. The number of nitrogens with one attached hydrogen (secondary N) is 1. The van der Waals surface area contributed by atoms with Gasteiger partial charge in [0, 0.05) is 31.0 Å². The van der Waals surface area contributed by atoms with Crippen molar-refractivity contribution in [3.63, 3.8) is 0 Å². The van der Waals surface area contributed by atoms with E-state index in [4.69, 9.17) is 0 Å². The van der Waals surface area contributed by atoms with Crippen LogP contribution < -0.4 is 10.2 Å². The third-order valence-electron chi connectivity index (χ3n) is 5.66. The largest absolute Gasteiger partial charge is 0.362 e. The molecule has 2 aliphatic rings. The topological polar surface area (TPSA) is 69.7 Å². The molecule has 2 heterocycles. The molecule has 0 aromatic heterocycles. The van der Waals surface area contributed by atoms with Crippen molar-refractivity contribution >= 4 is 27.3 Å². The summed E-state index contributed by atoms with van der Waals surface area (Å²) in [6.45, 7) is 2.28. The average Bonchev–Trinajstić information content (AvgIpc) is 2.92. The highest BCUT2D eigenvalue weighted by molar-refractivity contribution is 7.89. The predicted molar refractivity (Wildman–Crippen MR) is 115 cm³/mol. The monoisotopic (exact) mass is 413 g/mol. The van der Waals surface area contributed by atoms with Gasteiger partial charge in [0.1, 0.15) is 0 Å². The molecule has 0 aliphatic carbocycles. The van der Waals surface area contributed by atoms with E-state index in [1.807, 2.05) is 18.2 Å². The van der Waals surface area contributed by atoms with Gasteiger partial charge in [0.05, 0.1) is 11.4 Å². The summed E-state index contributed by atoms with van der Waals surface area (Å²) in [5.41, 5.74) is 2.99. The summed E-state index contributed by atoms with van der Waals surface area (Å²) >= 11 is 0. The van der Waals surface area contributed by atoms with Gasteiger partial charge in [0.25, 0.3) is 0 Å². The van der Waals surface area contributed by atoms with E-state index in [-0.39, 0.29) is 17.3 Å². The van der Waals surface area contributed by atoms with Gasteiger partial charge in [-0.25, -0.2) is 8.42 Å². The molecular formula is C22H27N3O3S. The smallest absolute Gasteiger partial charge is 0.243 e. The van der Waals surface area contributed by atoms with Crippen molar-refractivity contribution in [1.29, 1.82) is 0 Å². The molecule has 0 bridgehead atoms. The van der Waals surface area contributed by atoms with Gasteiger partial charge in [0.15, 0.2) is 0 Å². The van der Waals surface area contributed by atoms with Gasteiger partial charge in [-0.05, 0) is 55.2 Å². The normalized spacial score (nSPS) is 17.6. The summed E-state index contributed by atoms with van der Waals surface area (Å²) in [7, 11) is -3.47. The van der Waals surface area contributed by atoms with Gasteiger partial charge in [-0.2, -0.15) is 4.31 Å². The minimum Gasteiger partial charge on any atom is -0.362 e. The van der Waals surface area contributed by atoms with Gasteiger partial charge in [-0.15, -0.1) is 0 Å². The lowest BCUT2D eigenvalue weighted by molar-refractivity contribution is -0.115. The number of anilines is 2. The van der Waals surface area contributed by atoms with Crippen LogP contribution in [0.25, 0.3) is 0 Å². The molecule has 0 saturated carbocycles. The molecular weight excluding hydrogens is 386 g/mol. The second-order valence-electron chi connectivity index (χ2n) is 7.69. The highest BCUT2D eigenvalue weighted by atomic mass is 32.2. The highest BCUT2D eigenvalue weighted by Gasteiger charge is 2.25. The maximum atomic E-state index is 12.9. The molecule has 1 saturated heterocycles. The van der Waals surface area contributed by atoms with Crippen LogP contribution in [0.1, 0.15) is 31.2 Å². The molecule has 2 aromatic carbocycles. The number of hydrogen-bond donors (Lipinski definition) is 1. The third-order valence-corrected chi connectivity index (χ3v) is 7.57. The lowest BCUT2D eigenvalue weighted by Gasteiger charge is -2.20. The van der Waals surface area contributed by atoms with Crippen molar-refractivity contribution in [2.75, 3.05) is 36.4 Å². The molecule has 0 radical (unpaired) electrons. The number of nitrogens with zero attached hydrogens (tertiary/aromatic N) is 2. The van der Waals surface area contributed by atoms with Gasteiger partial charge in [-0.3, -0.25) is 4.79 Å². The first-order chi connectivity index (χ1) is 14.0. The van der Waals surface area contributed by atoms with Gasteiger partial charge < -0.3 is 10.2 Å². The fourth-order valence-corrected chi connectivity index (χ4v) is 5.60. The minimum atomic E-state index is -3.47. The quantitative estimate of drug-likeness (QED) is 0.817. The van der Waals surface area contributed by atoms with E-state index in [9.17, 15) is 13.2 Å². The maximum absolute atomic E-state index is 12.9. The van der Waals surface area contributed by atoms with Crippen molar-refractivity contribution < 1.29 is 13.2 Å². The number of hydrogen-bond acceptors (Lipinski definition) is 4. The Morgan fingerprint density at radius 3 is 2.31 bits per heavy atom. The Morgan fingerprint density at radius 1 is 0.897 bits per heavy atom. The number of carbonyl (C=O) groups excluding carboxylic acids is 1. The highest BCUT2D eigenvalue weighted by Crippen LogP contribution is 2.27. The first kappa shape index (κ1) is 19.9. The SMILES string of the molecule is O=C(CN1CCc2ccccc21)Nc1ccc(S(=O)(=O)N2CCCCCC2)cc1. The van der Waals surface area contributed by atoms with Crippen LogP contribution in [-0.4, -0.2) is 44.8 Å². The van der Waals surface area contributed by atoms with Crippen LogP contribution in [0.15, 0.2) is 53.4 Å². The van der Waals surface area contributed by atoms with E-state index >= 15 is 0 Å². The van der Waals surface area contributed by atoms with Crippen LogP contribution >= 0.6 is 0 Å². The zero-order valence-electron chi connectivity index (χ0n) is 16.5.